The van der Waals surface area contributed by atoms with Gasteiger partial charge in [0.15, 0.2) is 0 Å². The van der Waals surface area contributed by atoms with Gasteiger partial charge >= 0.3 is 0 Å². The zero-order valence-corrected chi connectivity index (χ0v) is 9.29. The number of halogens is 1. The summed E-state index contributed by atoms with van der Waals surface area (Å²) in [4.78, 5) is 13.9. The van der Waals surface area contributed by atoms with E-state index >= 15 is 0 Å². The largest absolute Gasteiger partial charge is 0.339 e. The number of rotatable bonds is 1. The number of nitrogens with zero attached hydrogens (tertiary/aromatic N) is 1. The predicted molar refractivity (Wildman–Crippen MR) is 60.8 cm³/mol. The Hall–Kier alpha value is -1.38. The molecule has 16 heavy (non-hydrogen) atoms. The lowest BCUT2D eigenvalue weighted by Crippen LogP contribution is -2.31. The molecule has 0 bridgehead atoms. The highest BCUT2D eigenvalue weighted by atomic mass is 19.1. The van der Waals surface area contributed by atoms with Gasteiger partial charge in [0.2, 0.25) is 0 Å². The third kappa shape index (κ3) is 2.60. The molecule has 1 aromatic carbocycles. The van der Waals surface area contributed by atoms with Crippen LogP contribution in [-0.2, 0) is 0 Å². The van der Waals surface area contributed by atoms with Crippen molar-refractivity contribution >= 4 is 5.91 Å². The van der Waals surface area contributed by atoms with Gasteiger partial charge < -0.3 is 4.90 Å². The SMILES string of the molecule is O=C(c1cccc(F)c1)N1CCCCCC1. The third-order valence-corrected chi connectivity index (χ3v) is 2.96. The van der Waals surface area contributed by atoms with Gasteiger partial charge in [-0.1, -0.05) is 18.9 Å². The molecular weight excluding hydrogens is 205 g/mol. The zero-order chi connectivity index (χ0) is 11.4. The van der Waals surface area contributed by atoms with Crippen molar-refractivity contribution in [1.82, 2.24) is 4.90 Å². The molecule has 0 spiro atoms. The monoisotopic (exact) mass is 221 g/mol. The number of benzene rings is 1. The topological polar surface area (TPSA) is 20.3 Å². The van der Waals surface area contributed by atoms with E-state index in [9.17, 15) is 9.18 Å². The molecule has 1 amide bonds. The van der Waals surface area contributed by atoms with Crippen molar-refractivity contribution < 1.29 is 9.18 Å². The smallest absolute Gasteiger partial charge is 0.253 e. The summed E-state index contributed by atoms with van der Waals surface area (Å²) >= 11 is 0. The number of hydrogen-bond donors (Lipinski definition) is 0. The average Bonchev–Trinajstić information content (AvgIpc) is 2.56. The molecule has 0 N–H and O–H groups in total. The molecule has 1 heterocycles. The van der Waals surface area contributed by atoms with Crippen LogP contribution >= 0.6 is 0 Å². The number of amides is 1. The van der Waals surface area contributed by atoms with Crippen LogP contribution in [0, 0.1) is 5.82 Å². The molecule has 1 aliphatic heterocycles. The first-order chi connectivity index (χ1) is 7.77. The minimum atomic E-state index is -0.347. The van der Waals surface area contributed by atoms with Crippen molar-refractivity contribution in [2.75, 3.05) is 13.1 Å². The van der Waals surface area contributed by atoms with Crippen molar-refractivity contribution in [3.05, 3.63) is 35.6 Å². The summed E-state index contributed by atoms with van der Waals surface area (Å²) in [7, 11) is 0. The lowest BCUT2D eigenvalue weighted by Gasteiger charge is -2.20. The number of likely N-dealkylation sites (tertiary alicyclic amines) is 1. The van der Waals surface area contributed by atoms with Gasteiger partial charge in [0.25, 0.3) is 5.91 Å². The van der Waals surface area contributed by atoms with E-state index in [0.717, 1.165) is 25.9 Å². The maximum Gasteiger partial charge on any atom is 0.253 e. The number of carbonyl (C=O) groups excluding carboxylic acids is 1. The van der Waals surface area contributed by atoms with Gasteiger partial charge in [0, 0.05) is 18.7 Å². The van der Waals surface area contributed by atoms with Crippen LogP contribution < -0.4 is 0 Å². The number of hydrogen-bond acceptors (Lipinski definition) is 1. The minimum Gasteiger partial charge on any atom is -0.339 e. The van der Waals surface area contributed by atoms with Crippen molar-refractivity contribution in [3.8, 4) is 0 Å². The fraction of sp³-hybridized carbons (Fsp3) is 0.462. The Morgan fingerprint density at radius 3 is 2.44 bits per heavy atom. The molecule has 0 aliphatic carbocycles. The molecular formula is C13H16FNO. The van der Waals surface area contributed by atoms with Gasteiger partial charge in [-0.15, -0.1) is 0 Å². The fourth-order valence-electron chi connectivity index (χ4n) is 2.08. The second kappa shape index (κ2) is 5.10. The Kier molecular flexibility index (Phi) is 3.54. The summed E-state index contributed by atoms with van der Waals surface area (Å²) < 4.78 is 13.0. The first-order valence-corrected chi connectivity index (χ1v) is 5.82. The van der Waals surface area contributed by atoms with Crippen LogP contribution in [0.25, 0.3) is 0 Å². The van der Waals surface area contributed by atoms with Gasteiger partial charge in [-0.25, -0.2) is 4.39 Å². The highest BCUT2D eigenvalue weighted by Crippen LogP contribution is 2.13. The van der Waals surface area contributed by atoms with Gasteiger partial charge in [0.05, 0.1) is 0 Å². The normalized spacial score (nSPS) is 16.9. The molecule has 0 unspecified atom stereocenters. The molecule has 2 rings (SSSR count). The third-order valence-electron chi connectivity index (χ3n) is 2.96. The van der Waals surface area contributed by atoms with Crippen molar-refractivity contribution in [2.24, 2.45) is 0 Å². The molecule has 1 aromatic rings. The highest BCUT2D eigenvalue weighted by molar-refractivity contribution is 5.94. The maximum atomic E-state index is 13.0. The van der Waals surface area contributed by atoms with Gasteiger partial charge in [-0.05, 0) is 31.0 Å². The molecule has 0 atom stereocenters. The summed E-state index contributed by atoms with van der Waals surface area (Å²) in [6.45, 7) is 1.60. The molecule has 1 saturated heterocycles. The van der Waals surface area contributed by atoms with E-state index in [0.29, 0.717) is 5.56 Å². The second-order valence-electron chi connectivity index (χ2n) is 4.22. The zero-order valence-electron chi connectivity index (χ0n) is 9.29. The summed E-state index contributed by atoms with van der Waals surface area (Å²) in [5.74, 6) is -0.387. The lowest BCUT2D eigenvalue weighted by molar-refractivity contribution is 0.0761. The summed E-state index contributed by atoms with van der Waals surface area (Å²) in [5.41, 5.74) is 0.460. The molecule has 1 fully saturated rings. The van der Waals surface area contributed by atoms with E-state index in [4.69, 9.17) is 0 Å². The van der Waals surface area contributed by atoms with E-state index in [-0.39, 0.29) is 11.7 Å². The lowest BCUT2D eigenvalue weighted by atomic mass is 10.2. The number of carbonyl (C=O) groups is 1. The molecule has 2 nitrogen and oxygen atoms in total. The highest BCUT2D eigenvalue weighted by Gasteiger charge is 2.17. The first-order valence-electron chi connectivity index (χ1n) is 5.82. The van der Waals surface area contributed by atoms with Crippen LogP contribution in [0.15, 0.2) is 24.3 Å². The fourth-order valence-corrected chi connectivity index (χ4v) is 2.08. The molecule has 86 valence electrons. The standard InChI is InChI=1S/C13H16FNO/c14-12-7-5-6-11(10-12)13(16)15-8-3-1-2-4-9-15/h5-7,10H,1-4,8-9H2. The van der Waals surface area contributed by atoms with Crippen molar-refractivity contribution in [1.29, 1.82) is 0 Å². The molecule has 3 heteroatoms. The quantitative estimate of drug-likeness (QED) is 0.714. The van der Waals surface area contributed by atoms with Gasteiger partial charge in [-0.2, -0.15) is 0 Å². The Balaban J connectivity index is 2.11. The Morgan fingerprint density at radius 2 is 1.81 bits per heavy atom. The van der Waals surface area contributed by atoms with Crippen LogP contribution in [0.1, 0.15) is 36.0 Å². The molecule has 0 radical (unpaired) electrons. The summed E-state index contributed by atoms with van der Waals surface area (Å²) in [6.07, 6.45) is 4.49. The van der Waals surface area contributed by atoms with E-state index in [1.807, 2.05) is 4.90 Å². The van der Waals surface area contributed by atoms with Crippen molar-refractivity contribution in [2.45, 2.75) is 25.7 Å². The Bertz CT molecular complexity index is 370. The van der Waals surface area contributed by atoms with E-state index in [1.165, 1.54) is 25.0 Å². The molecule has 0 saturated carbocycles. The van der Waals surface area contributed by atoms with Crippen LogP contribution in [0.3, 0.4) is 0 Å². The second-order valence-corrected chi connectivity index (χ2v) is 4.22. The maximum absolute atomic E-state index is 13.0. The predicted octanol–water partition coefficient (Wildman–Crippen LogP) is 2.84. The van der Waals surface area contributed by atoms with E-state index in [1.54, 1.807) is 12.1 Å². The van der Waals surface area contributed by atoms with Gasteiger partial charge in [0.1, 0.15) is 5.82 Å². The summed E-state index contributed by atoms with van der Waals surface area (Å²) in [5, 5.41) is 0. The van der Waals surface area contributed by atoms with E-state index < -0.39 is 0 Å². The molecule has 0 aromatic heterocycles. The van der Waals surface area contributed by atoms with Crippen LogP contribution in [0.2, 0.25) is 0 Å². The Morgan fingerprint density at radius 1 is 1.12 bits per heavy atom. The first kappa shape index (κ1) is 11.1. The van der Waals surface area contributed by atoms with Crippen LogP contribution in [-0.4, -0.2) is 23.9 Å². The van der Waals surface area contributed by atoms with Crippen molar-refractivity contribution in [3.63, 3.8) is 0 Å². The molecule has 1 aliphatic rings. The van der Waals surface area contributed by atoms with Crippen LogP contribution in [0.4, 0.5) is 4.39 Å². The average molecular weight is 221 g/mol. The van der Waals surface area contributed by atoms with E-state index in [2.05, 4.69) is 0 Å². The summed E-state index contributed by atoms with van der Waals surface area (Å²) in [6, 6.07) is 5.93. The van der Waals surface area contributed by atoms with Gasteiger partial charge in [-0.3, -0.25) is 4.79 Å². The minimum absolute atomic E-state index is 0.0404. The van der Waals surface area contributed by atoms with Crippen LogP contribution in [0.5, 0.6) is 0 Å². The Labute approximate surface area is 95.1 Å².